The molecule has 8 heteroatoms. The monoisotopic (exact) mass is 219 g/mol. The Labute approximate surface area is 82.0 Å². The third kappa shape index (κ3) is 2.59. The molecular formula is C6H13N5O2S. The quantitative estimate of drug-likeness (QED) is 0.662. The maximum Gasteiger partial charge on any atom is 0.241 e. The molecule has 0 saturated heterocycles. The van der Waals surface area contributed by atoms with Gasteiger partial charge in [0, 0.05) is 5.75 Å². The summed E-state index contributed by atoms with van der Waals surface area (Å²) >= 11 is 0. The Bertz CT molecular complexity index is 410. The van der Waals surface area contributed by atoms with Gasteiger partial charge < -0.3 is 11.5 Å². The van der Waals surface area contributed by atoms with Gasteiger partial charge in [0.1, 0.15) is 0 Å². The zero-order valence-corrected chi connectivity index (χ0v) is 8.66. The van der Waals surface area contributed by atoms with Gasteiger partial charge in [0.15, 0.2) is 9.84 Å². The molecule has 0 radical (unpaired) electrons. The van der Waals surface area contributed by atoms with Crippen molar-refractivity contribution < 1.29 is 8.42 Å². The van der Waals surface area contributed by atoms with Crippen LogP contribution in [0.1, 0.15) is 6.92 Å². The molecule has 0 unspecified atom stereocenters. The third-order valence-electron chi connectivity index (χ3n) is 1.77. The van der Waals surface area contributed by atoms with E-state index in [1.807, 2.05) is 0 Å². The van der Waals surface area contributed by atoms with E-state index in [0.29, 0.717) is 0 Å². The first-order chi connectivity index (χ1) is 6.44. The summed E-state index contributed by atoms with van der Waals surface area (Å²) in [7, 11) is -3.01. The highest BCUT2D eigenvalue weighted by atomic mass is 32.2. The molecule has 0 aliphatic heterocycles. The van der Waals surface area contributed by atoms with E-state index < -0.39 is 9.84 Å². The molecule has 1 aromatic rings. The van der Waals surface area contributed by atoms with Crippen molar-refractivity contribution in [2.24, 2.45) is 0 Å². The highest BCUT2D eigenvalue weighted by Gasteiger charge is 2.10. The minimum atomic E-state index is -3.01. The van der Waals surface area contributed by atoms with Gasteiger partial charge in [-0.05, 0) is 0 Å². The van der Waals surface area contributed by atoms with Crippen LogP contribution in [0.25, 0.3) is 0 Å². The lowest BCUT2D eigenvalue weighted by Gasteiger charge is -2.02. The lowest BCUT2D eigenvalue weighted by molar-refractivity contribution is 0.583. The summed E-state index contributed by atoms with van der Waals surface area (Å²) in [4.78, 5) is 3.65. The summed E-state index contributed by atoms with van der Waals surface area (Å²) < 4.78 is 23.6. The summed E-state index contributed by atoms with van der Waals surface area (Å²) in [6.07, 6.45) is 0. The largest absolute Gasteiger partial charge is 0.368 e. The van der Waals surface area contributed by atoms with Crippen molar-refractivity contribution in [3.8, 4) is 0 Å². The first-order valence-electron chi connectivity index (χ1n) is 4.11. The molecule has 14 heavy (non-hydrogen) atoms. The van der Waals surface area contributed by atoms with Crippen LogP contribution in [-0.4, -0.2) is 34.7 Å². The molecule has 0 atom stereocenters. The van der Waals surface area contributed by atoms with Crippen LogP contribution in [-0.2, 0) is 16.4 Å². The summed E-state index contributed by atoms with van der Waals surface area (Å²) in [5.74, 6) is 0.290. The maximum absolute atomic E-state index is 11.2. The van der Waals surface area contributed by atoms with Crippen LogP contribution in [0.3, 0.4) is 0 Å². The van der Waals surface area contributed by atoms with Crippen LogP contribution in [0.2, 0.25) is 0 Å². The van der Waals surface area contributed by atoms with Crippen molar-refractivity contribution in [1.29, 1.82) is 0 Å². The molecule has 0 bridgehead atoms. The highest BCUT2D eigenvalue weighted by Crippen LogP contribution is 2.02. The van der Waals surface area contributed by atoms with Crippen molar-refractivity contribution >= 4 is 21.7 Å². The summed E-state index contributed by atoms with van der Waals surface area (Å²) in [5.41, 5.74) is 10.7. The fourth-order valence-corrected chi connectivity index (χ4v) is 1.65. The van der Waals surface area contributed by atoms with E-state index in [1.54, 1.807) is 6.92 Å². The molecule has 4 N–H and O–H groups in total. The number of hydrogen-bond acceptors (Lipinski definition) is 6. The fourth-order valence-electron chi connectivity index (χ4n) is 0.907. The lowest BCUT2D eigenvalue weighted by Crippen LogP contribution is -2.16. The zero-order chi connectivity index (χ0) is 10.8. The van der Waals surface area contributed by atoms with Crippen molar-refractivity contribution in [3.05, 3.63) is 0 Å². The van der Waals surface area contributed by atoms with Gasteiger partial charge in [0.2, 0.25) is 11.9 Å². The van der Waals surface area contributed by atoms with E-state index in [1.165, 1.54) is 4.68 Å². The number of nitrogens with two attached hydrogens (primary N) is 2. The Morgan fingerprint density at radius 1 is 1.43 bits per heavy atom. The molecule has 0 saturated carbocycles. The number of hydrogen-bond donors (Lipinski definition) is 2. The van der Waals surface area contributed by atoms with Gasteiger partial charge >= 0.3 is 0 Å². The Hall–Kier alpha value is -1.31. The molecule has 0 aliphatic carbocycles. The number of sulfone groups is 1. The van der Waals surface area contributed by atoms with E-state index in [2.05, 4.69) is 10.1 Å². The number of nitrogens with zero attached hydrogens (tertiary/aromatic N) is 3. The van der Waals surface area contributed by atoms with E-state index in [-0.39, 0.29) is 29.9 Å². The smallest absolute Gasteiger partial charge is 0.241 e. The average Bonchev–Trinajstić information content (AvgIpc) is 2.42. The number of nitrogen functional groups attached to an aromatic ring is 2. The standard InChI is InChI=1S/C6H13N5O2S/c1-2-14(12,13)4-3-11-6(8)9-5(7)10-11/h2-4H2,1H3,(H4,7,8,9,10). The summed E-state index contributed by atoms with van der Waals surface area (Å²) in [6.45, 7) is 1.78. The Balaban J connectivity index is 2.67. The van der Waals surface area contributed by atoms with Gasteiger partial charge in [0.05, 0.1) is 12.3 Å². The molecule has 1 rings (SSSR count). The maximum atomic E-state index is 11.2. The van der Waals surface area contributed by atoms with E-state index in [4.69, 9.17) is 11.5 Å². The van der Waals surface area contributed by atoms with Crippen LogP contribution < -0.4 is 11.5 Å². The van der Waals surface area contributed by atoms with Gasteiger partial charge in [-0.15, -0.1) is 5.10 Å². The summed E-state index contributed by atoms with van der Waals surface area (Å²) in [5, 5.41) is 3.74. The molecule has 1 aromatic heterocycles. The van der Waals surface area contributed by atoms with Crippen LogP contribution in [0, 0.1) is 0 Å². The van der Waals surface area contributed by atoms with E-state index in [0.717, 1.165) is 0 Å². The van der Waals surface area contributed by atoms with Gasteiger partial charge in [-0.2, -0.15) is 4.98 Å². The molecule has 0 fully saturated rings. The van der Waals surface area contributed by atoms with Crippen LogP contribution in [0.15, 0.2) is 0 Å². The molecule has 0 aromatic carbocycles. The van der Waals surface area contributed by atoms with Crippen LogP contribution in [0.5, 0.6) is 0 Å². The van der Waals surface area contributed by atoms with E-state index in [9.17, 15) is 8.42 Å². The molecule has 7 nitrogen and oxygen atoms in total. The van der Waals surface area contributed by atoms with E-state index >= 15 is 0 Å². The second-order valence-electron chi connectivity index (χ2n) is 2.79. The van der Waals surface area contributed by atoms with Gasteiger partial charge in [0.25, 0.3) is 0 Å². The zero-order valence-electron chi connectivity index (χ0n) is 7.84. The van der Waals surface area contributed by atoms with Crippen molar-refractivity contribution in [2.45, 2.75) is 13.5 Å². The molecule has 80 valence electrons. The van der Waals surface area contributed by atoms with Gasteiger partial charge in [-0.3, -0.25) is 0 Å². The Kier molecular flexibility index (Phi) is 2.94. The molecule has 1 heterocycles. The molecule has 0 aliphatic rings. The first-order valence-corrected chi connectivity index (χ1v) is 5.93. The third-order valence-corrected chi connectivity index (χ3v) is 3.45. The van der Waals surface area contributed by atoms with Crippen LogP contribution >= 0.6 is 0 Å². The minimum Gasteiger partial charge on any atom is -0.368 e. The van der Waals surface area contributed by atoms with Crippen LogP contribution in [0.4, 0.5) is 11.9 Å². The minimum absolute atomic E-state index is 0.00347. The van der Waals surface area contributed by atoms with Crippen molar-refractivity contribution in [2.75, 3.05) is 23.0 Å². The Morgan fingerprint density at radius 3 is 2.50 bits per heavy atom. The summed E-state index contributed by atoms with van der Waals surface area (Å²) in [6, 6.07) is 0. The molecular weight excluding hydrogens is 206 g/mol. The lowest BCUT2D eigenvalue weighted by atomic mass is 10.7. The number of anilines is 2. The second-order valence-corrected chi connectivity index (χ2v) is 5.26. The topological polar surface area (TPSA) is 117 Å². The predicted molar refractivity (Wildman–Crippen MR) is 53.2 cm³/mol. The van der Waals surface area contributed by atoms with Crippen molar-refractivity contribution in [3.63, 3.8) is 0 Å². The average molecular weight is 219 g/mol. The highest BCUT2D eigenvalue weighted by molar-refractivity contribution is 7.91. The Morgan fingerprint density at radius 2 is 2.07 bits per heavy atom. The number of rotatable bonds is 4. The van der Waals surface area contributed by atoms with Gasteiger partial charge in [-0.1, -0.05) is 6.92 Å². The second kappa shape index (κ2) is 3.82. The predicted octanol–water partition coefficient (Wildman–Crippen LogP) is -1.12. The normalized spacial score (nSPS) is 11.8. The number of aromatic nitrogens is 3. The molecule has 0 amide bonds. The SMILES string of the molecule is CCS(=O)(=O)CCn1nc(N)nc1N. The number of aryl methyl sites for hydroxylation is 1. The fraction of sp³-hybridized carbons (Fsp3) is 0.667. The van der Waals surface area contributed by atoms with Crippen molar-refractivity contribution in [1.82, 2.24) is 14.8 Å². The van der Waals surface area contributed by atoms with Gasteiger partial charge in [-0.25, -0.2) is 13.1 Å². The molecule has 0 spiro atoms. The first kappa shape index (κ1) is 10.8.